The van der Waals surface area contributed by atoms with Gasteiger partial charge in [0.05, 0.1) is 16.2 Å². The summed E-state index contributed by atoms with van der Waals surface area (Å²) in [4.78, 5) is 18.5. The van der Waals surface area contributed by atoms with Gasteiger partial charge in [0.15, 0.2) is 5.82 Å². The standard InChI is InChI=1S/C12H15N5O3/c1-7(13-3)4-11-15-12(20-16-11)10-5-9(17(18)19)6-14-8(10)2/h5-7,13H,4H2,1-3H3. The Morgan fingerprint density at radius 1 is 1.55 bits per heavy atom. The molecule has 0 aliphatic carbocycles. The predicted molar refractivity (Wildman–Crippen MR) is 71.1 cm³/mol. The third-order valence-corrected chi connectivity index (χ3v) is 2.96. The summed E-state index contributed by atoms with van der Waals surface area (Å²) in [6.07, 6.45) is 1.82. The number of likely N-dealkylation sites (N-methyl/N-ethyl adjacent to an activating group) is 1. The largest absolute Gasteiger partial charge is 0.334 e. The highest BCUT2D eigenvalue weighted by Crippen LogP contribution is 2.24. The topological polar surface area (TPSA) is 107 Å². The molecular weight excluding hydrogens is 262 g/mol. The summed E-state index contributed by atoms with van der Waals surface area (Å²) >= 11 is 0. The summed E-state index contributed by atoms with van der Waals surface area (Å²) in [6, 6.07) is 1.60. The maximum Gasteiger partial charge on any atom is 0.288 e. The van der Waals surface area contributed by atoms with Gasteiger partial charge in [0.2, 0.25) is 0 Å². The average Bonchev–Trinajstić information content (AvgIpc) is 2.87. The second kappa shape index (κ2) is 5.74. The minimum atomic E-state index is -0.504. The van der Waals surface area contributed by atoms with E-state index in [1.807, 2.05) is 14.0 Å². The van der Waals surface area contributed by atoms with Gasteiger partial charge in [-0.1, -0.05) is 5.16 Å². The molecule has 0 fully saturated rings. The third-order valence-electron chi connectivity index (χ3n) is 2.96. The number of hydrogen-bond acceptors (Lipinski definition) is 7. The van der Waals surface area contributed by atoms with Crippen LogP contribution in [0.3, 0.4) is 0 Å². The highest BCUT2D eigenvalue weighted by atomic mass is 16.6. The lowest BCUT2D eigenvalue weighted by Crippen LogP contribution is -2.24. The van der Waals surface area contributed by atoms with Crippen LogP contribution in [0.4, 0.5) is 5.69 Å². The molecule has 0 saturated carbocycles. The highest BCUT2D eigenvalue weighted by Gasteiger charge is 2.17. The van der Waals surface area contributed by atoms with Gasteiger partial charge in [0.1, 0.15) is 6.20 Å². The normalized spacial score (nSPS) is 12.3. The number of rotatable bonds is 5. The Morgan fingerprint density at radius 3 is 2.95 bits per heavy atom. The summed E-state index contributed by atoms with van der Waals surface area (Å²) in [5, 5.41) is 17.7. The van der Waals surface area contributed by atoms with E-state index in [9.17, 15) is 10.1 Å². The van der Waals surface area contributed by atoms with E-state index in [1.165, 1.54) is 12.3 Å². The van der Waals surface area contributed by atoms with Gasteiger partial charge in [-0.2, -0.15) is 4.98 Å². The molecule has 8 nitrogen and oxygen atoms in total. The fraction of sp³-hybridized carbons (Fsp3) is 0.417. The van der Waals surface area contributed by atoms with E-state index < -0.39 is 4.92 Å². The molecule has 0 saturated heterocycles. The second-order valence-corrected chi connectivity index (χ2v) is 4.49. The van der Waals surface area contributed by atoms with Crippen molar-refractivity contribution in [2.24, 2.45) is 0 Å². The van der Waals surface area contributed by atoms with Crippen molar-refractivity contribution in [3.63, 3.8) is 0 Å². The Hall–Kier alpha value is -2.35. The van der Waals surface area contributed by atoms with E-state index in [2.05, 4.69) is 20.4 Å². The number of nitrogens with zero attached hydrogens (tertiary/aromatic N) is 4. The van der Waals surface area contributed by atoms with E-state index in [1.54, 1.807) is 6.92 Å². The van der Waals surface area contributed by atoms with Crippen LogP contribution in [0, 0.1) is 17.0 Å². The van der Waals surface area contributed by atoms with Crippen LogP contribution in [0.5, 0.6) is 0 Å². The minimum Gasteiger partial charge on any atom is -0.334 e. The number of pyridine rings is 1. The van der Waals surface area contributed by atoms with Crippen LogP contribution in [0.25, 0.3) is 11.5 Å². The van der Waals surface area contributed by atoms with Crippen LogP contribution in [0.1, 0.15) is 18.4 Å². The fourth-order valence-electron chi connectivity index (χ4n) is 1.66. The molecular formula is C12H15N5O3. The van der Waals surface area contributed by atoms with E-state index in [4.69, 9.17) is 4.52 Å². The van der Waals surface area contributed by atoms with Crippen LogP contribution in [0.2, 0.25) is 0 Å². The summed E-state index contributed by atoms with van der Waals surface area (Å²) in [6.45, 7) is 3.73. The van der Waals surface area contributed by atoms with E-state index >= 15 is 0 Å². The number of aryl methyl sites for hydroxylation is 1. The van der Waals surface area contributed by atoms with E-state index in [-0.39, 0.29) is 17.6 Å². The quantitative estimate of drug-likeness (QED) is 0.651. The van der Waals surface area contributed by atoms with Crippen LogP contribution in [0.15, 0.2) is 16.8 Å². The molecule has 2 heterocycles. The van der Waals surface area contributed by atoms with Crippen molar-refractivity contribution in [1.82, 2.24) is 20.4 Å². The lowest BCUT2D eigenvalue weighted by molar-refractivity contribution is -0.385. The zero-order valence-corrected chi connectivity index (χ0v) is 11.5. The monoisotopic (exact) mass is 277 g/mol. The lowest BCUT2D eigenvalue weighted by Gasteiger charge is -2.04. The molecule has 0 bridgehead atoms. The van der Waals surface area contributed by atoms with Crippen molar-refractivity contribution in [2.45, 2.75) is 26.3 Å². The molecule has 0 aliphatic rings. The predicted octanol–water partition coefficient (Wildman–Crippen LogP) is 1.50. The Bertz CT molecular complexity index is 625. The fourth-order valence-corrected chi connectivity index (χ4v) is 1.66. The molecule has 2 rings (SSSR count). The maximum absolute atomic E-state index is 10.8. The molecule has 0 radical (unpaired) electrons. The van der Waals surface area contributed by atoms with E-state index in [0.717, 1.165) is 0 Å². The minimum absolute atomic E-state index is 0.103. The summed E-state index contributed by atoms with van der Waals surface area (Å²) in [7, 11) is 1.85. The number of hydrogen-bond donors (Lipinski definition) is 1. The first-order chi connectivity index (χ1) is 9.51. The molecule has 2 aromatic rings. The molecule has 106 valence electrons. The zero-order chi connectivity index (χ0) is 14.7. The molecule has 1 N–H and O–H groups in total. The average molecular weight is 277 g/mol. The van der Waals surface area contributed by atoms with Gasteiger partial charge in [-0.05, 0) is 20.9 Å². The first-order valence-corrected chi connectivity index (χ1v) is 6.12. The Balaban J connectivity index is 2.32. The molecule has 2 aromatic heterocycles. The number of nitrogens with one attached hydrogen (secondary N) is 1. The number of nitro groups is 1. The third kappa shape index (κ3) is 2.97. The molecule has 0 spiro atoms. The van der Waals surface area contributed by atoms with Crippen LogP contribution in [-0.4, -0.2) is 33.1 Å². The molecule has 20 heavy (non-hydrogen) atoms. The molecule has 0 amide bonds. The van der Waals surface area contributed by atoms with Crippen molar-refractivity contribution in [2.75, 3.05) is 7.05 Å². The van der Waals surface area contributed by atoms with Crippen LogP contribution in [-0.2, 0) is 6.42 Å². The number of aromatic nitrogens is 3. The van der Waals surface area contributed by atoms with Crippen molar-refractivity contribution < 1.29 is 9.45 Å². The van der Waals surface area contributed by atoms with E-state index in [0.29, 0.717) is 23.5 Å². The first kappa shape index (κ1) is 14.1. The Morgan fingerprint density at radius 2 is 2.30 bits per heavy atom. The maximum atomic E-state index is 10.8. The molecule has 0 aliphatic heterocycles. The molecule has 8 heteroatoms. The highest BCUT2D eigenvalue weighted by molar-refractivity contribution is 5.59. The van der Waals surface area contributed by atoms with Gasteiger partial charge in [-0.15, -0.1) is 0 Å². The summed E-state index contributed by atoms with van der Waals surface area (Å²) in [5.41, 5.74) is 0.983. The van der Waals surface area contributed by atoms with Gasteiger partial charge < -0.3 is 9.84 Å². The van der Waals surface area contributed by atoms with Gasteiger partial charge in [-0.3, -0.25) is 15.1 Å². The van der Waals surface area contributed by atoms with Crippen molar-refractivity contribution >= 4 is 5.69 Å². The first-order valence-electron chi connectivity index (χ1n) is 6.12. The Kier molecular flexibility index (Phi) is 4.04. The Labute approximate surface area is 115 Å². The summed E-state index contributed by atoms with van der Waals surface area (Å²) < 4.78 is 5.16. The SMILES string of the molecule is CNC(C)Cc1noc(-c2cc([N+](=O)[O-])cnc2C)n1. The van der Waals surface area contributed by atoms with Gasteiger partial charge >= 0.3 is 0 Å². The molecule has 1 unspecified atom stereocenters. The summed E-state index contributed by atoms with van der Waals surface area (Å²) in [5.74, 6) is 0.796. The van der Waals surface area contributed by atoms with Crippen molar-refractivity contribution in [3.05, 3.63) is 33.9 Å². The smallest absolute Gasteiger partial charge is 0.288 e. The van der Waals surface area contributed by atoms with Crippen molar-refractivity contribution in [1.29, 1.82) is 0 Å². The van der Waals surface area contributed by atoms with Crippen LogP contribution < -0.4 is 5.32 Å². The molecule has 1 atom stereocenters. The second-order valence-electron chi connectivity index (χ2n) is 4.49. The lowest BCUT2D eigenvalue weighted by atomic mass is 10.2. The molecule has 0 aromatic carbocycles. The van der Waals surface area contributed by atoms with Crippen molar-refractivity contribution in [3.8, 4) is 11.5 Å². The van der Waals surface area contributed by atoms with Gasteiger partial charge in [-0.25, -0.2) is 0 Å². The van der Waals surface area contributed by atoms with Gasteiger partial charge in [0.25, 0.3) is 11.6 Å². The zero-order valence-electron chi connectivity index (χ0n) is 11.5. The van der Waals surface area contributed by atoms with Gasteiger partial charge in [0, 0.05) is 18.5 Å². The van der Waals surface area contributed by atoms with Crippen LogP contribution >= 0.6 is 0 Å².